The third kappa shape index (κ3) is 5.28. The van der Waals surface area contributed by atoms with E-state index in [4.69, 9.17) is 0 Å². The van der Waals surface area contributed by atoms with Crippen molar-refractivity contribution in [2.75, 3.05) is 6.54 Å². The summed E-state index contributed by atoms with van der Waals surface area (Å²) in [5.74, 6) is -0.311. The number of carbonyl (C=O) groups is 2. The van der Waals surface area contributed by atoms with Gasteiger partial charge in [-0.15, -0.1) is 0 Å². The molecule has 3 rings (SSSR count). The van der Waals surface area contributed by atoms with E-state index in [0.29, 0.717) is 25.3 Å². The molecule has 0 fully saturated rings. The van der Waals surface area contributed by atoms with E-state index in [9.17, 15) is 9.59 Å². The van der Waals surface area contributed by atoms with Gasteiger partial charge in [0, 0.05) is 37.5 Å². The van der Waals surface area contributed by atoms with Gasteiger partial charge in [-0.05, 0) is 43.2 Å². The van der Waals surface area contributed by atoms with Crippen LogP contribution < -0.4 is 10.6 Å². The Bertz CT molecular complexity index is 1030. The molecule has 0 unspecified atom stereocenters. The third-order valence-corrected chi connectivity index (χ3v) is 4.51. The summed E-state index contributed by atoms with van der Waals surface area (Å²) in [6, 6.07) is 13.4. The van der Waals surface area contributed by atoms with Gasteiger partial charge in [0.15, 0.2) is 0 Å². The number of benzene rings is 1. The Morgan fingerprint density at radius 3 is 2.62 bits per heavy atom. The van der Waals surface area contributed by atoms with E-state index in [2.05, 4.69) is 20.7 Å². The van der Waals surface area contributed by atoms with Crippen molar-refractivity contribution < 1.29 is 9.59 Å². The molecule has 7 heteroatoms. The fourth-order valence-electron chi connectivity index (χ4n) is 3.15. The zero-order valence-corrected chi connectivity index (χ0v) is 16.9. The minimum atomic E-state index is -0.227. The van der Waals surface area contributed by atoms with E-state index in [1.54, 1.807) is 6.20 Å². The van der Waals surface area contributed by atoms with Crippen molar-refractivity contribution >= 4 is 11.8 Å². The SMILES string of the molecule is CC(=O)NCc1cccc(-c2cccnc2C(=O)NCCn2nc(C)cc2C)c1. The number of aromatic nitrogens is 3. The largest absolute Gasteiger partial charge is 0.352 e. The molecule has 0 radical (unpaired) electrons. The van der Waals surface area contributed by atoms with Gasteiger partial charge in [0.05, 0.1) is 12.2 Å². The molecule has 0 aliphatic carbocycles. The Hall–Kier alpha value is -3.48. The van der Waals surface area contributed by atoms with E-state index in [1.807, 2.05) is 61.0 Å². The first-order chi connectivity index (χ1) is 13.9. The molecule has 2 aromatic heterocycles. The van der Waals surface area contributed by atoms with Gasteiger partial charge in [-0.2, -0.15) is 5.10 Å². The van der Waals surface area contributed by atoms with Crippen LogP contribution in [0.1, 0.15) is 34.4 Å². The highest BCUT2D eigenvalue weighted by Crippen LogP contribution is 2.23. The smallest absolute Gasteiger partial charge is 0.270 e. The van der Waals surface area contributed by atoms with Gasteiger partial charge in [-0.25, -0.2) is 0 Å². The van der Waals surface area contributed by atoms with E-state index in [1.165, 1.54) is 6.92 Å². The molecule has 29 heavy (non-hydrogen) atoms. The average Bonchev–Trinajstić information content (AvgIpc) is 3.03. The van der Waals surface area contributed by atoms with Crippen LogP contribution in [0.5, 0.6) is 0 Å². The predicted octanol–water partition coefficient (Wildman–Crippen LogP) is 2.63. The van der Waals surface area contributed by atoms with Crippen molar-refractivity contribution in [2.45, 2.75) is 33.9 Å². The highest BCUT2D eigenvalue weighted by molar-refractivity contribution is 5.98. The minimum Gasteiger partial charge on any atom is -0.352 e. The molecule has 0 saturated carbocycles. The molecule has 2 N–H and O–H groups in total. The first-order valence-electron chi connectivity index (χ1n) is 9.52. The van der Waals surface area contributed by atoms with Gasteiger partial charge in [-0.3, -0.25) is 19.3 Å². The third-order valence-electron chi connectivity index (χ3n) is 4.51. The number of nitrogens with zero attached hydrogens (tertiary/aromatic N) is 3. The minimum absolute atomic E-state index is 0.0838. The number of hydrogen-bond donors (Lipinski definition) is 2. The summed E-state index contributed by atoms with van der Waals surface area (Å²) in [5.41, 5.74) is 4.98. The summed E-state index contributed by atoms with van der Waals surface area (Å²) < 4.78 is 1.88. The molecule has 0 spiro atoms. The quantitative estimate of drug-likeness (QED) is 0.648. The highest BCUT2D eigenvalue weighted by atomic mass is 16.2. The van der Waals surface area contributed by atoms with E-state index in [-0.39, 0.29) is 11.8 Å². The molecule has 2 amide bonds. The number of hydrogen-bond acceptors (Lipinski definition) is 4. The second-order valence-electron chi connectivity index (χ2n) is 6.92. The average molecular weight is 391 g/mol. The molecule has 0 atom stereocenters. The van der Waals surface area contributed by atoms with Crippen molar-refractivity contribution in [1.82, 2.24) is 25.4 Å². The van der Waals surface area contributed by atoms with Crippen LogP contribution in [-0.4, -0.2) is 33.1 Å². The van der Waals surface area contributed by atoms with Crippen LogP contribution in [0.25, 0.3) is 11.1 Å². The molecule has 0 bridgehead atoms. The number of pyridine rings is 1. The van der Waals surface area contributed by atoms with Crippen LogP contribution in [0.15, 0.2) is 48.7 Å². The number of nitrogens with one attached hydrogen (secondary N) is 2. The summed E-state index contributed by atoms with van der Waals surface area (Å²) in [6.45, 7) is 6.92. The van der Waals surface area contributed by atoms with Gasteiger partial charge in [0.25, 0.3) is 5.91 Å². The van der Waals surface area contributed by atoms with Crippen LogP contribution in [-0.2, 0) is 17.9 Å². The molecule has 1 aromatic carbocycles. The fraction of sp³-hybridized carbons (Fsp3) is 0.273. The van der Waals surface area contributed by atoms with Crippen molar-refractivity contribution in [2.24, 2.45) is 0 Å². The van der Waals surface area contributed by atoms with Crippen LogP contribution in [0, 0.1) is 13.8 Å². The summed E-state index contributed by atoms with van der Waals surface area (Å²) in [6.07, 6.45) is 1.61. The zero-order valence-electron chi connectivity index (χ0n) is 16.9. The van der Waals surface area contributed by atoms with Gasteiger partial charge in [0.2, 0.25) is 5.91 Å². The maximum atomic E-state index is 12.8. The summed E-state index contributed by atoms with van der Waals surface area (Å²) in [7, 11) is 0. The van der Waals surface area contributed by atoms with Gasteiger partial charge >= 0.3 is 0 Å². The molecular weight excluding hydrogens is 366 g/mol. The van der Waals surface area contributed by atoms with Crippen LogP contribution in [0.3, 0.4) is 0 Å². The van der Waals surface area contributed by atoms with Crippen LogP contribution >= 0.6 is 0 Å². The maximum Gasteiger partial charge on any atom is 0.270 e. The van der Waals surface area contributed by atoms with Gasteiger partial charge < -0.3 is 10.6 Å². The van der Waals surface area contributed by atoms with Gasteiger partial charge in [-0.1, -0.05) is 24.3 Å². The Balaban J connectivity index is 1.73. The molecule has 2 heterocycles. The van der Waals surface area contributed by atoms with Crippen molar-refractivity contribution in [3.05, 3.63) is 71.3 Å². The standard InChI is InChI=1S/C22H25N5O2/c1-15-12-16(2)27(26-15)11-10-24-22(29)21-20(8-5-9-23-21)19-7-4-6-18(13-19)14-25-17(3)28/h4-9,12-13H,10-11,14H2,1-3H3,(H,24,29)(H,25,28). The molecular formula is C22H25N5O2. The van der Waals surface area contributed by atoms with E-state index < -0.39 is 0 Å². The van der Waals surface area contributed by atoms with E-state index in [0.717, 1.165) is 28.1 Å². The normalized spacial score (nSPS) is 10.6. The fourth-order valence-corrected chi connectivity index (χ4v) is 3.15. The van der Waals surface area contributed by atoms with Crippen LogP contribution in [0.2, 0.25) is 0 Å². The monoisotopic (exact) mass is 391 g/mol. The summed E-state index contributed by atoms with van der Waals surface area (Å²) in [4.78, 5) is 28.2. The summed E-state index contributed by atoms with van der Waals surface area (Å²) in [5, 5.41) is 10.1. The first-order valence-corrected chi connectivity index (χ1v) is 9.52. The molecule has 3 aromatic rings. The van der Waals surface area contributed by atoms with Crippen molar-refractivity contribution in [3.63, 3.8) is 0 Å². The first kappa shape index (κ1) is 20.3. The number of amides is 2. The second-order valence-corrected chi connectivity index (χ2v) is 6.92. The Morgan fingerprint density at radius 2 is 1.90 bits per heavy atom. The molecule has 7 nitrogen and oxygen atoms in total. The lowest BCUT2D eigenvalue weighted by atomic mass is 10.0. The zero-order chi connectivity index (χ0) is 20.8. The maximum absolute atomic E-state index is 12.8. The lowest BCUT2D eigenvalue weighted by molar-refractivity contribution is -0.119. The van der Waals surface area contributed by atoms with Crippen molar-refractivity contribution in [1.29, 1.82) is 0 Å². The molecule has 0 saturated heterocycles. The van der Waals surface area contributed by atoms with Gasteiger partial charge in [0.1, 0.15) is 5.69 Å². The lowest BCUT2D eigenvalue weighted by Crippen LogP contribution is -2.29. The molecule has 0 aliphatic rings. The van der Waals surface area contributed by atoms with Crippen LogP contribution in [0.4, 0.5) is 0 Å². The second kappa shape index (κ2) is 9.14. The summed E-state index contributed by atoms with van der Waals surface area (Å²) >= 11 is 0. The molecule has 0 aliphatic heterocycles. The van der Waals surface area contributed by atoms with E-state index >= 15 is 0 Å². The lowest BCUT2D eigenvalue weighted by Gasteiger charge is -2.11. The number of aryl methyl sites for hydroxylation is 2. The Kier molecular flexibility index (Phi) is 6.39. The Morgan fingerprint density at radius 1 is 1.07 bits per heavy atom. The Labute approximate surface area is 170 Å². The topological polar surface area (TPSA) is 88.9 Å². The molecule has 150 valence electrons. The number of rotatable bonds is 7. The highest BCUT2D eigenvalue weighted by Gasteiger charge is 2.14. The predicted molar refractivity (Wildman–Crippen MR) is 111 cm³/mol. The number of carbonyl (C=O) groups excluding carboxylic acids is 2. The van der Waals surface area contributed by atoms with Crippen molar-refractivity contribution in [3.8, 4) is 11.1 Å².